The van der Waals surface area contributed by atoms with Crippen molar-refractivity contribution >= 4 is 15.9 Å². The van der Waals surface area contributed by atoms with Crippen LogP contribution in [0.15, 0.2) is 24.3 Å². The number of hydrogen-bond acceptors (Lipinski definition) is 3. The zero-order chi connectivity index (χ0) is 11.8. The molecule has 0 aromatic heterocycles. The molecule has 1 rings (SSSR count). The van der Waals surface area contributed by atoms with Crippen molar-refractivity contribution in [3.8, 4) is 5.75 Å². The second-order valence-electron chi connectivity index (χ2n) is 3.28. The monoisotopic (exact) mass is 288 g/mol. The van der Waals surface area contributed by atoms with Gasteiger partial charge in [-0.05, 0) is 17.7 Å². The Labute approximate surface area is 105 Å². The van der Waals surface area contributed by atoms with E-state index in [0.717, 1.165) is 16.6 Å². The standard InChI is InChI=1S/C12H17BrO3/c1-14-6-7-16-12(9-13)10-4-3-5-11(8-10)15-2/h3-5,8,12H,6-7,9H2,1-2H3. The highest BCUT2D eigenvalue weighted by atomic mass is 79.9. The maximum Gasteiger partial charge on any atom is 0.119 e. The lowest BCUT2D eigenvalue weighted by atomic mass is 10.1. The Morgan fingerprint density at radius 3 is 2.69 bits per heavy atom. The van der Waals surface area contributed by atoms with Crippen molar-refractivity contribution < 1.29 is 14.2 Å². The van der Waals surface area contributed by atoms with E-state index in [1.807, 2.05) is 24.3 Å². The molecule has 0 radical (unpaired) electrons. The Morgan fingerprint density at radius 2 is 2.06 bits per heavy atom. The summed E-state index contributed by atoms with van der Waals surface area (Å²) in [7, 11) is 3.33. The van der Waals surface area contributed by atoms with Gasteiger partial charge in [0, 0.05) is 12.4 Å². The number of ether oxygens (including phenoxy) is 3. The quantitative estimate of drug-likeness (QED) is 0.570. The maximum atomic E-state index is 5.69. The van der Waals surface area contributed by atoms with Gasteiger partial charge in [0.1, 0.15) is 5.75 Å². The lowest BCUT2D eigenvalue weighted by molar-refractivity contribution is 0.0284. The molecule has 0 saturated heterocycles. The van der Waals surface area contributed by atoms with Crippen LogP contribution in [0.1, 0.15) is 11.7 Å². The fourth-order valence-electron chi connectivity index (χ4n) is 1.35. The Morgan fingerprint density at radius 1 is 1.25 bits per heavy atom. The van der Waals surface area contributed by atoms with Crippen LogP contribution in [0, 0.1) is 0 Å². The molecule has 0 spiro atoms. The van der Waals surface area contributed by atoms with E-state index in [4.69, 9.17) is 14.2 Å². The molecule has 0 heterocycles. The van der Waals surface area contributed by atoms with Gasteiger partial charge in [-0.25, -0.2) is 0 Å². The van der Waals surface area contributed by atoms with Crippen molar-refractivity contribution in [2.75, 3.05) is 32.8 Å². The minimum absolute atomic E-state index is 0.0326. The first-order valence-electron chi connectivity index (χ1n) is 5.12. The first kappa shape index (κ1) is 13.5. The van der Waals surface area contributed by atoms with Crippen molar-refractivity contribution in [3.05, 3.63) is 29.8 Å². The highest BCUT2D eigenvalue weighted by Crippen LogP contribution is 2.23. The molecule has 1 aromatic carbocycles. The van der Waals surface area contributed by atoms with E-state index >= 15 is 0 Å². The molecule has 1 unspecified atom stereocenters. The molecule has 0 N–H and O–H groups in total. The Balaban J connectivity index is 2.62. The predicted octanol–water partition coefficient (Wildman–Crippen LogP) is 2.79. The SMILES string of the molecule is COCCOC(CBr)c1cccc(OC)c1. The summed E-state index contributed by atoms with van der Waals surface area (Å²) in [6, 6.07) is 7.90. The molecule has 0 saturated carbocycles. The van der Waals surface area contributed by atoms with E-state index < -0.39 is 0 Å². The minimum Gasteiger partial charge on any atom is -0.497 e. The number of halogens is 1. The fourth-order valence-corrected chi connectivity index (χ4v) is 1.91. The minimum atomic E-state index is 0.0326. The van der Waals surface area contributed by atoms with Gasteiger partial charge in [0.05, 0.1) is 26.4 Å². The van der Waals surface area contributed by atoms with Crippen LogP contribution in [0.5, 0.6) is 5.75 Å². The summed E-state index contributed by atoms with van der Waals surface area (Å²) in [5.74, 6) is 0.846. The fraction of sp³-hybridized carbons (Fsp3) is 0.500. The molecular weight excluding hydrogens is 272 g/mol. The third-order valence-electron chi connectivity index (χ3n) is 2.21. The van der Waals surface area contributed by atoms with Gasteiger partial charge in [-0.2, -0.15) is 0 Å². The van der Waals surface area contributed by atoms with E-state index in [9.17, 15) is 0 Å². The zero-order valence-corrected chi connectivity index (χ0v) is 11.2. The molecule has 0 amide bonds. The van der Waals surface area contributed by atoms with Crippen LogP contribution in [-0.4, -0.2) is 32.8 Å². The summed E-state index contributed by atoms with van der Waals surface area (Å²) in [6.07, 6.45) is 0.0326. The Hall–Kier alpha value is -0.580. The molecule has 90 valence electrons. The Bertz CT molecular complexity index is 304. The molecule has 1 atom stereocenters. The topological polar surface area (TPSA) is 27.7 Å². The molecule has 3 nitrogen and oxygen atoms in total. The van der Waals surface area contributed by atoms with Gasteiger partial charge in [-0.1, -0.05) is 28.1 Å². The number of alkyl halides is 1. The predicted molar refractivity (Wildman–Crippen MR) is 67.4 cm³/mol. The largest absolute Gasteiger partial charge is 0.497 e. The van der Waals surface area contributed by atoms with Gasteiger partial charge < -0.3 is 14.2 Å². The molecule has 0 aliphatic carbocycles. The summed E-state index contributed by atoms with van der Waals surface area (Å²) >= 11 is 3.44. The first-order chi connectivity index (χ1) is 7.81. The third kappa shape index (κ3) is 4.12. The van der Waals surface area contributed by atoms with Gasteiger partial charge in [-0.3, -0.25) is 0 Å². The lowest BCUT2D eigenvalue weighted by Gasteiger charge is -2.16. The summed E-state index contributed by atoms with van der Waals surface area (Å²) in [6.45, 7) is 1.19. The molecule has 4 heteroatoms. The zero-order valence-electron chi connectivity index (χ0n) is 9.61. The molecule has 0 fully saturated rings. The van der Waals surface area contributed by atoms with Gasteiger partial charge in [-0.15, -0.1) is 0 Å². The molecule has 16 heavy (non-hydrogen) atoms. The van der Waals surface area contributed by atoms with Crippen LogP contribution in [0.2, 0.25) is 0 Å². The van der Waals surface area contributed by atoms with E-state index in [-0.39, 0.29) is 6.10 Å². The van der Waals surface area contributed by atoms with Crippen LogP contribution >= 0.6 is 15.9 Å². The molecule has 0 bridgehead atoms. The molecule has 0 aliphatic rings. The number of hydrogen-bond donors (Lipinski definition) is 0. The van der Waals surface area contributed by atoms with Crippen molar-refractivity contribution in [1.29, 1.82) is 0 Å². The number of methoxy groups -OCH3 is 2. The summed E-state index contributed by atoms with van der Waals surface area (Å²) in [5.41, 5.74) is 1.10. The van der Waals surface area contributed by atoms with Crippen LogP contribution in [0.4, 0.5) is 0 Å². The average molecular weight is 289 g/mol. The van der Waals surface area contributed by atoms with Crippen molar-refractivity contribution in [2.24, 2.45) is 0 Å². The second-order valence-corrected chi connectivity index (χ2v) is 3.93. The van der Waals surface area contributed by atoms with Crippen LogP contribution in [0.3, 0.4) is 0 Å². The summed E-state index contributed by atoms with van der Waals surface area (Å²) < 4.78 is 15.8. The highest BCUT2D eigenvalue weighted by Gasteiger charge is 2.10. The number of rotatable bonds is 7. The number of benzene rings is 1. The first-order valence-corrected chi connectivity index (χ1v) is 6.24. The normalized spacial score (nSPS) is 12.4. The van der Waals surface area contributed by atoms with Gasteiger partial charge in [0.15, 0.2) is 0 Å². The van der Waals surface area contributed by atoms with Crippen molar-refractivity contribution in [3.63, 3.8) is 0 Å². The van der Waals surface area contributed by atoms with E-state index in [0.29, 0.717) is 13.2 Å². The molecule has 0 aliphatic heterocycles. The van der Waals surface area contributed by atoms with Crippen molar-refractivity contribution in [1.82, 2.24) is 0 Å². The maximum absolute atomic E-state index is 5.69. The second kappa shape index (κ2) is 7.65. The van der Waals surface area contributed by atoms with Crippen molar-refractivity contribution in [2.45, 2.75) is 6.10 Å². The van der Waals surface area contributed by atoms with Crippen LogP contribution < -0.4 is 4.74 Å². The molecular formula is C12H17BrO3. The van der Waals surface area contributed by atoms with Crippen LogP contribution in [0.25, 0.3) is 0 Å². The van der Waals surface area contributed by atoms with E-state index in [2.05, 4.69) is 15.9 Å². The van der Waals surface area contributed by atoms with E-state index in [1.54, 1.807) is 14.2 Å². The summed E-state index contributed by atoms with van der Waals surface area (Å²) in [4.78, 5) is 0. The molecule has 1 aromatic rings. The van der Waals surface area contributed by atoms with Gasteiger partial charge in [0.25, 0.3) is 0 Å². The smallest absolute Gasteiger partial charge is 0.119 e. The highest BCUT2D eigenvalue weighted by molar-refractivity contribution is 9.09. The Kier molecular flexibility index (Phi) is 6.45. The van der Waals surface area contributed by atoms with E-state index in [1.165, 1.54) is 0 Å². The average Bonchev–Trinajstić information content (AvgIpc) is 2.35. The van der Waals surface area contributed by atoms with Gasteiger partial charge >= 0.3 is 0 Å². The van der Waals surface area contributed by atoms with Crippen LogP contribution in [-0.2, 0) is 9.47 Å². The third-order valence-corrected chi connectivity index (χ3v) is 2.80. The summed E-state index contributed by atoms with van der Waals surface area (Å²) in [5, 5.41) is 0.754. The van der Waals surface area contributed by atoms with Gasteiger partial charge in [0.2, 0.25) is 0 Å². The lowest BCUT2D eigenvalue weighted by Crippen LogP contribution is -2.10.